The van der Waals surface area contributed by atoms with Crippen molar-refractivity contribution in [1.82, 2.24) is 4.98 Å². The highest BCUT2D eigenvalue weighted by Crippen LogP contribution is 2.62. The maximum atomic E-state index is 13.7. The van der Waals surface area contributed by atoms with Crippen molar-refractivity contribution >= 4 is 28.2 Å². The van der Waals surface area contributed by atoms with Crippen molar-refractivity contribution in [3.05, 3.63) is 60.0 Å². The van der Waals surface area contributed by atoms with Crippen LogP contribution in [0.4, 0.5) is 28.9 Å². The number of carbonyl (C=O) groups is 1. The number of pyridine rings is 1. The monoisotopic (exact) mass is 487 g/mol. The summed E-state index contributed by atoms with van der Waals surface area (Å²) >= 11 is 0. The Morgan fingerprint density at radius 2 is 1.91 bits per heavy atom. The summed E-state index contributed by atoms with van der Waals surface area (Å²) in [4.78, 5) is 17.2. The van der Waals surface area contributed by atoms with E-state index in [1.54, 1.807) is 18.3 Å². The molecule has 3 N–H and O–H groups in total. The van der Waals surface area contributed by atoms with Crippen LogP contribution in [0.2, 0.25) is 0 Å². The lowest BCUT2D eigenvalue weighted by molar-refractivity contribution is -0.137. The third kappa shape index (κ3) is 4.51. The zero-order chi connectivity index (χ0) is 24.9. The minimum Gasteiger partial charge on any atom is -0.490 e. The molecule has 2 aromatic carbocycles. The number of aromatic nitrogens is 1. The molecule has 0 radical (unpaired) electrons. The van der Waals surface area contributed by atoms with Gasteiger partial charge in [0.2, 0.25) is 5.91 Å². The number of hydrogen-bond acceptors (Lipinski definition) is 4. The Labute approximate surface area is 199 Å². The van der Waals surface area contributed by atoms with Crippen LogP contribution in [-0.2, 0) is 11.0 Å². The number of nitrogens with one attached hydrogen (secondary N) is 1. The minimum absolute atomic E-state index is 0.0266. The van der Waals surface area contributed by atoms with Crippen LogP contribution in [0, 0.1) is 29.5 Å². The van der Waals surface area contributed by atoms with E-state index in [1.165, 1.54) is 18.2 Å². The van der Waals surface area contributed by atoms with Crippen LogP contribution in [0.3, 0.4) is 0 Å². The van der Waals surface area contributed by atoms with Gasteiger partial charge in [-0.05, 0) is 79.5 Å². The SMILES string of the molecule is CCC(C(=O)Nc1ccc(C(F)(F)F)cc1N)C1C2CC(Oc3ccnc4ccc(F)cc34)CC21. The molecule has 0 spiro atoms. The number of anilines is 2. The first-order valence-electron chi connectivity index (χ1n) is 11.6. The lowest BCUT2D eigenvalue weighted by atomic mass is 9.92. The molecule has 3 atom stereocenters. The number of amides is 1. The Bertz CT molecular complexity index is 1270. The zero-order valence-electron chi connectivity index (χ0n) is 19.0. The number of ether oxygens (including phenoxy) is 1. The number of benzene rings is 2. The molecule has 0 aliphatic heterocycles. The summed E-state index contributed by atoms with van der Waals surface area (Å²) in [6, 6.07) is 9.08. The second-order valence-electron chi connectivity index (χ2n) is 9.39. The fourth-order valence-electron chi connectivity index (χ4n) is 5.62. The summed E-state index contributed by atoms with van der Waals surface area (Å²) in [5.74, 6) is 0.628. The summed E-state index contributed by atoms with van der Waals surface area (Å²) in [5, 5.41) is 3.35. The molecule has 1 heterocycles. The topological polar surface area (TPSA) is 77.2 Å². The van der Waals surface area contributed by atoms with Crippen molar-refractivity contribution in [2.45, 2.75) is 38.5 Å². The van der Waals surface area contributed by atoms with Gasteiger partial charge in [-0.25, -0.2) is 4.39 Å². The quantitative estimate of drug-likeness (QED) is 0.328. The molecule has 3 aromatic rings. The number of rotatable bonds is 6. The third-order valence-corrected chi connectivity index (χ3v) is 7.30. The van der Waals surface area contributed by atoms with E-state index in [2.05, 4.69) is 10.3 Å². The molecule has 5 rings (SSSR count). The fraction of sp³-hybridized carbons (Fsp3) is 0.385. The van der Waals surface area contributed by atoms with Gasteiger partial charge < -0.3 is 15.8 Å². The number of nitrogen functional groups attached to an aromatic ring is 1. The summed E-state index contributed by atoms with van der Waals surface area (Å²) in [6.45, 7) is 1.93. The maximum Gasteiger partial charge on any atom is 0.416 e. The van der Waals surface area contributed by atoms with E-state index in [0.717, 1.165) is 25.0 Å². The molecule has 1 amide bonds. The van der Waals surface area contributed by atoms with Crippen LogP contribution >= 0.6 is 0 Å². The molecular weight excluding hydrogens is 462 g/mol. The van der Waals surface area contributed by atoms with Gasteiger partial charge in [0.1, 0.15) is 11.6 Å². The summed E-state index contributed by atoms with van der Waals surface area (Å²) in [5.41, 5.74) is 5.65. The lowest BCUT2D eigenvalue weighted by Crippen LogP contribution is -2.27. The van der Waals surface area contributed by atoms with E-state index in [0.29, 0.717) is 34.9 Å². The number of hydrogen-bond donors (Lipinski definition) is 2. The van der Waals surface area contributed by atoms with Gasteiger partial charge in [-0.1, -0.05) is 6.92 Å². The molecule has 2 fully saturated rings. The van der Waals surface area contributed by atoms with Crippen molar-refractivity contribution in [1.29, 1.82) is 0 Å². The molecule has 2 aliphatic rings. The Morgan fingerprint density at radius 1 is 1.17 bits per heavy atom. The van der Waals surface area contributed by atoms with Gasteiger partial charge in [0.15, 0.2) is 0 Å². The van der Waals surface area contributed by atoms with E-state index in [4.69, 9.17) is 10.5 Å². The largest absolute Gasteiger partial charge is 0.490 e. The predicted molar refractivity (Wildman–Crippen MR) is 124 cm³/mol. The average molecular weight is 487 g/mol. The standard InChI is InChI=1S/C26H25F4N3O2/c1-2-16(25(34)33-22-5-3-13(9-20(22)31)26(28,29)30)24-17-11-15(12-18(17)24)35-23-7-8-32-21-6-4-14(27)10-19(21)23/h3-10,15-18,24H,2,11-12,31H2,1H3,(H,33,34). The molecule has 184 valence electrons. The zero-order valence-corrected chi connectivity index (χ0v) is 19.0. The molecule has 1 aromatic heterocycles. The van der Waals surface area contributed by atoms with Gasteiger partial charge in [0.25, 0.3) is 0 Å². The van der Waals surface area contributed by atoms with Gasteiger partial charge in [0, 0.05) is 17.5 Å². The lowest BCUT2D eigenvalue weighted by Gasteiger charge is -2.22. The summed E-state index contributed by atoms with van der Waals surface area (Å²) in [6.07, 6.45) is -0.686. The Morgan fingerprint density at radius 3 is 2.57 bits per heavy atom. The predicted octanol–water partition coefficient (Wildman–Crippen LogP) is 6.04. The van der Waals surface area contributed by atoms with E-state index in [1.807, 2.05) is 6.92 Å². The van der Waals surface area contributed by atoms with Gasteiger partial charge in [-0.2, -0.15) is 13.2 Å². The minimum atomic E-state index is -4.50. The number of fused-ring (bicyclic) bond motifs is 2. The third-order valence-electron chi connectivity index (χ3n) is 7.30. The first-order chi connectivity index (χ1) is 16.7. The molecule has 5 nitrogen and oxygen atoms in total. The van der Waals surface area contributed by atoms with Gasteiger partial charge in [0.05, 0.1) is 28.6 Å². The maximum absolute atomic E-state index is 13.7. The smallest absolute Gasteiger partial charge is 0.416 e. The molecule has 3 unspecified atom stereocenters. The van der Waals surface area contributed by atoms with Gasteiger partial charge in [-0.3, -0.25) is 9.78 Å². The average Bonchev–Trinajstić information content (AvgIpc) is 3.27. The van der Waals surface area contributed by atoms with Crippen molar-refractivity contribution < 1.29 is 27.1 Å². The molecule has 35 heavy (non-hydrogen) atoms. The van der Waals surface area contributed by atoms with Crippen LogP contribution in [0.15, 0.2) is 48.7 Å². The molecular formula is C26H25F4N3O2. The highest BCUT2D eigenvalue weighted by Gasteiger charge is 2.60. The van der Waals surface area contributed by atoms with Crippen molar-refractivity contribution in [3.8, 4) is 5.75 Å². The number of nitrogens with zero attached hydrogens (tertiary/aromatic N) is 1. The van der Waals surface area contributed by atoms with Crippen LogP contribution < -0.4 is 15.8 Å². The highest BCUT2D eigenvalue weighted by atomic mass is 19.4. The number of halogens is 4. The van der Waals surface area contributed by atoms with Gasteiger partial charge in [-0.15, -0.1) is 0 Å². The molecule has 0 saturated heterocycles. The van der Waals surface area contributed by atoms with E-state index in [-0.39, 0.29) is 41.0 Å². The van der Waals surface area contributed by atoms with E-state index < -0.39 is 11.7 Å². The number of alkyl halides is 3. The van der Waals surface area contributed by atoms with Crippen LogP contribution in [0.25, 0.3) is 10.9 Å². The van der Waals surface area contributed by atoms with Crippen LogP contribution in [0.1, 0.15) is 31.7 Å². The summed E-state index contributed by atoms with van der Waals surface area (Å²) in [7, 11) is 0. The second-order valence-corrected chi connectivity index (χ2v) is 9.39. The Hall–Kier alpha value is -3.36. The Balaban J connectivity index is 1.22. The first-order valence-corrected chi connectivity index (χ1v) is 11.6. The number of carbonyl (C=O) groups excluding carboxylic acids is 1. The van der Waals surface area contributed by atoms with Crippen molar-refractivity contribution in [2.75, 3.05) is 11.1 Å². The van der Waals surface area contributed by atoms with Crippen LogP contribution in [-0.4, -0.2) is 17.0 Å². The van der Waals surface area contributed by atoms with E-state index >= 15 is 0 Å². The van der Waals surface area contributed by atoms with Crippen molar-refractivity contribution in [2.24, 2.45) is 23.7 Å². The molecule has 2 saturated carbocycles. The highest BCUT2D eigenvalue weighted by molar-refractivity contribution is 5.95. The normalized spacial score (nSPS) is 24.1. The first kappa shape index (κ1) is 23.4. The van der Waals surface area contributed by atoms with Crippen molar-refractivity contribution in [3.63, 3.8) is 0 Å². The summed E-state index contributed by atoms with van der Waals surface area (Å²) < 4.78 is 58.6. The van der Waals surface area contributed by atoms with Gasteiger partial charge >= 0.3 is 6.18 Å². The molecule has 2 aliphatic carbocycles. The molecule has 0 bridgehead atoms. The molecule has 9 heteroatoms. The number of nitrogens with two attached hydrogens (primary N) is 1. The van der Waals surface area contributed by atoms with Crippen LogP contribution in [0.5, 0.6) is 5.75 Å². The van der Waals surface area contributed by atoms with E-state index in [9.17, 15) is 22.4 Å². The fourth-order valence-corrected chi connectivity index (χ4v) is 5.62. The second kappa shape index (κ2) is 8.70. The Kier molecular flexibility index (Phi) is 5.81.